The molecule has 4 aromatic carbocycles. The number of halogens is 1. The summed E-state index contributed by atoms with van der Waals surface area (Å²) in [6.45, 7) is 0. The first-order valence-electron chi connectivity index (χ1n) is 13.1. The summed E-state index contributed by atoms with van der Waals surface area (Å²) in [6, 6.07) is 25.9. The lowest BCUT2D eigenvalue weighted by molar-refractivity contribution is -0.113. The maximum Gasteiger partial charge on any atom is 0.272 e. The number of hydrogen-bond donors (Lipinski definition) is 2. The van der Waals surface area contributed by atoms with Gasteiger partial charge < -0.3 is 24.8 Å². The van der Waals surface area contributed by atoms with E-state index in [1.54, 1.807) is 72.8 Å². The van der Waals surface area contributed by atoms with Crippen molar-refractivity contribution in [3.8, 4) is 17.2 Å². The van der Waals surface area contributed by atoms with Crippen LogP contribution in [0.4, 0.5) is 5.69 Å². The monoisotopic (exact) mass is 640 g/mol. The second-order valence-corrected chi connectivity index (χ2v) is 10.0. The minimum Gasteiger partial charge on any atom is -0.496 e. The summed E-state index contributed by atoms with van der Waals surface area (Å²) >= 11 is 3.42. The van der Waals surface area contributed by atoms with E-state index in [0.29, 0.717) is 39.6 Å². The zero-order valence-electron chi connectivity index (χ0n) is 23.7. The van der Waals surface area contributed by atoms with E-state index in [-0.39, 0.29) is 11.5 Å². The highest BCUT2D eigenvalue weighted by molar-refractivity contribution is 9.10. The van der Waals surface area contributed by atoms with Gasteiger partial charge in [-0.2, -0.15) is 0 Å². The Kier molecular flexibility index (Phi) is 10.5. The van der Waals surface area contributed by atoms with Crippen molar-refractivity contribution in [2.75, 3.05) is 26.6 Å². The molecule has 0 aliphatic heterocycles. The Bertz CT molecular complexity index is 1680. The zero-order chi connectivity index (χ0) is 30.8. The number of ether oxygens (including phenoxy) is 3. The SMILES string of the molecule is COc1cc(OC)c(OC)cc1/C=C(\NC(=O)c1ccccc1)C(=O)Nc1ccc(C(=O)/C=C/c2cccc(Br)c2)cc1. The second-order valence-electron chi connectivity index (χ2n) is 9.11. The molecule has 0 heterocycles. The summed E-state index contributed by atoms with van der Waals surface area (Å²) in [5.74, 6) is 0.00834. The van der Waals surface area contributed by atoms with E-state index in [4.69, 9.17) is 14.2 Å². The smallest absolute Gasteiger partial charge is 0.272 e. The Labute approximate surface area is 258 Å². The largest absolute Gasteiger partial charge is 0.496 e. The maximum atomic E-state index is 13.5. The Hall–Kier alpha value is -5.15. The first-order valence-corrected chi connectivity index (χ1v) is 13.9. The molecule has 0 aromatic heterocycles. The van der Waals surface area contributed by atoms with E-state index in [1.807, 2.05) is 24.3 Å². The number of carbonyl (C=O) groups is 3. The molecule has 0 fully saturated rings. The molecule has 43 heavy (non-hydrogen) atoms. The molecule has 218 valence electrons. The molecule has 8 nitrogen and oxygen atoms in total. The lowest BCUT2D eigenvalue weighted by Crippen LogP contribution is -2.30. The topological polar surface area (TPSA) is 103 Å². The highest BCUT2D eigenvalue weighted by atomic mass is 79.9. The lowest BCUT2D eigenvalue weighted by atomic mass is 10.1. The summed E-state index contributed by atoms with van der Waals surface area (Å²) < 4.78 is 17.2. The standard InChI is InChI=1S/C34H29BrN2O6/c1-41-30-21-32(43-3)31(42-2)20-25(30)19-28(37-33(39)24-9-5-4-6-10-24)34(40)36-27-15-13-23(14-16-27)29(38)17-12-22-8-7-11-26(35)18-22/h4-21H,1-3H3,(H,36,40)(H,37,39)/b17-12+,28-19-. The van der Waals surface area contributed by atoms with Crippen LogP contribution in [0.3, 0.4) is 0 Å². The molecule has 0 unspecified atom stereocenters. The van der Waals surface area contributed by atoms with Gasteiger partial charge in [0.2, 0.25) is 0 Å². The van der Waals surface area contributed by atoms with E-state index in [2.05, 4.69) is 26.6 Å². The number of amides is 2. The zero-order valence-corrected chi connectivity index (χ0v) is 25.3. The molecule has 0 radical (unpaired) electrons. The summed E-state index contributed by atoms with van der Waals surface area (Å²) in [5.41, 5.74) is 2.56. The molecular weight excluding hydrogens is 612 g/mol. The third-order valence-corrected chi connectivity index (χ3v) is 6.76. The van der Waals surface area contributed by atoms with Crippen LogP contribution in [0.5, 0.6) is 17.2 Å². The van der Waals surface area contributed by atoms with Crippen LogP contribution in [0.15, 0.2) is 107 Å². The number of rotatable bonds is 11. The van der Waals surface area contributed by atoms with Crippen LogP contribution in [-0.4, -0.2) is 38.9 Å². The number of methoxy groups -OCH3 is 3. The summed E-state index contributed by atoms with van der Waals surface area (Å²) in [5, 5.41) is 5.49. The highest BCUT2D eigenvalue weighted by Crippen LogP contribution is 2.35. The Morgan fingerprint density at radius 2 is 1.40 bits per heavy atom. The van der Waals surface area contributed by atoms with Crippen molar-refractivity contribution in [2.45, 2.75) is 0 Å². The number of anilines is 1. The van der Waals surface area contributed by atoms with Gasteiger partial charge in [-0.15, -0.1) is 0 Å². The highest BCUT2D eigenvalue weighted by Gasteiger charge is 2.18. The van der Waals surface area contributed by atoms with Gasteiger partial charge in [0.25, 0.3) is 11.8 Å². The third kappa shape index (κ3) is 8.21. The Balaban J connectivity index is 1.59. The lowest BCUT2D eigenvalue weighted by Gasteiger charge is -2.15. The second kappa shape index (κ2) is 14.7. The number of nitrogens with one attached hydrogen (secondary N) is 2. The first-order chi connectivity index (χ1) is 20.8. The van der Waals surface area contributed by atoms with E-state index in [1.165, 1.54) is 33.5 Å². The summed E-state index contributed by atoms with van der Waals surface area (Å²) in [6.07, 6.45) is 4.71. The van der Waals surface area contributed by atoms with Crippen LogP contribution in [0.25, 0.3) is 12.2 Å². The number of benzene rings is 4. The molecule has 0 aliphatic rings. The number of hydrogen-bond acceptors (Lipinski definition) is 6. The van der Waals surface area contributed by atoms with Crippen molar-refractivity contribution < 1.29 is 28.6 Å². The van der Waals surface area contributed by atoms with Crippen LogP contribution in [0, 0.1) is 0 Å². The van der Waals surface area contributed by atoms with Gasteiger partial charge in [-0.1, -0.05) is 52.3 Å². The fourth-order valence-corrected chi connectivity index (χ4v) is 4.48. The van der Waals surface area contributed by atoms with Crippen molar-refractivity contribution in [1.82, 2.24) is 5.32 Å². The van der Waals surface area contributed by atoms with E-state index in [0.717, 1.165) is 10.0 Å². The molecule has 0 aliphatic carbocycles. The predicted octanol–water partition coefficient (Wildman–Crippen LogP) is 6.78. The molecular formula is C34H29BrN2O6. The number of ketones is 1. The quantitative estimate of drug-likeness (QED) is 0.138. The van der Waals surface area contributed by atoms with Crippen LogP contribution >= 0.6 is 15.9 Å². The minimum absolute atomic E-state index is 0.0449. The van der Waals surface area contributed by atoms with Crippen LogP contribution < -0.4 is 24.8 Å². The van der Waals surface area contributed by atoms with E-state index in [9.17, 15) is 14.4 Å². The van der Waals surface area contributed by atoms with E-state index < -0.39 is 11.8 Å². The van der Waals surface area contributed by atoms with Gasteiger partial charge in [0.1, 0.15) is 11.4 Å². The molecule has 9 heteroatoms. The van der Waals surface area contributed by atoms with Crippen molar-refractivity contribution in [3.05, 3.63) is 129 Å². The average Bonchev–Trinajstić information content (AvgIpc) is 3.03. The average molecular weight is 642 g/mol. The van der Waals surface area contributed by atoms with Crippen molar-refractivity contribution >= 4 is 51.4 Å². The minimum atomic E-state index is -0.588. The molecule has 4 aromatic rings. The van der Waals surface area contributed by atoms with Gasteiger partial charge in [-0.25, -0.2) is 0 Å². The fourth-order valence-electron chi connectivity index (χ4n) is 4.06. The molecule has 0 bridgehead atoms. The fraction of sp³-hybridized carbons (Fsp3) is 0.0882. The van der Waals surface area contributed by atoms with Gasteiger partial charge in [0.15, 0.2) is 17.3 Å². The molecule has 2 N–H and O–H groups in total. The van der Waals surface area contributed by atoms with Gasteiger partial charge in [-0.05, 0) is 72.3 Å². The first kappa shape index (κ1) is 30.8. The molecule has 0 atom stereocenters. The maximum absolute atomic E-state index is 13.5. The molecule has 0 saturated heterocycles. The van der Waals surface area contributed by atoms with Crippen LogP contribution in [-0.2, 0) is 4.79 Å². The van der Waals surface area contributed by atoms with Gasteiger partial charge >= 0.3 is 0 Å². The summed E-state index contributed by atoms with van der Waals surface area (Å²) in [7, 11) is 4.48. The molecule has 0 spiro atoms. The Morgan fingerprint density at radius 1 is 0.721 bits per heavy atom. The Morgan fingerprint density at radius 3 is 2.05 bits per heavy atom. The van der Waals surface area contributed by atoms with Gasteiger partial charge in [0, 0.05) is 32.9 Å². The summed E-state index contributed by atoms with van der Waals surface area (Å²) in [4.78, 5) is 39.2. The molecule has 4 rings (SSSR count). The number of allylic oxidation sites excluding steroid dienone is 1. The van der Waals surface area contributed by atoms with E-state index >= 15 is 0 Å². The van der Waals surface area contributed by atoms with Gasteiger partial charge in [-0.3, -0.25) is 14.4 Å². The van der Waals surface area contributed by atoms with Crippen molar-refractivity contribution in [2.24, 2.45) is 0 Å². The van der Waals surface area contributed by atoms with Crippen molar-refractivity contribution in [3.63, 3.8) is 0 Å². The number of carbonyl (C=O) groups excluding carboxylic acids is 3. The third-order valence-electron chi connectivity index (χ3n) is 6.27. The normalized spacial score (nSPS) is 11.1. The molecule has 2 amide bonds. The predicted molar refractivity (Wildman–Crippen MR) is 171 cm³/mol. The van der Waals surface area contributed by atoms with Crippen LogP contribution in [0.1, 0.15) is 31.8 Å². The molecule has 0 saturated carbocycles. The van der Waals surface area contributed by atoms with Crippen molar-refractivity contribution in [1.29, 1.82) is 0 Å². The van der Waals surface area contributed by atoms with Crippen LogP contribution in [0.2, 0.25) is 0 Å². The van der Waals surface area contributed by atoms with Gasteiger partial charge in [0.05, 0.1) is 21.3 Å².